The number of carbonyl (C=O) groups excluding carboxylic acids is 2. The maximum absolute atomic E-state index is 13.3. The SMILES string of the molecule is NC(=O)NC(=O)[C@@H](c1ccccc1)N1CCN(S(=O)(=O)c2ccc3c(c2)CCCC3)CC1. The molecule has 0 bridgehead atoms. The first-order valence-electron chi connectivity index (χ1n) is 10.9. The molecule has 1 saturated heterocycles. The van der Waals surface area contributed by atoms with Gasteiger partial charge in [-0.3, -0.25) is 15.0 Å². The molecule has 2 aromatic rings. The molecular weight excluding hydrogens is 428 g/mol. The number of carbonyl (C=O) groups is 2. The summed E-state index contributed by atoms with van der Waals surface area (Å²) in [5.74, 6) is -0.519. The second kappa shape index (κ2) is 9.40. The number of hydrogen-bond acceptors (Lipinski definition) is 5. The molecule has 1 atom stereocenters. The molecule has 0 radical (unpaired) electrons. The zero-order valence-corrected chi connectivity index (χ0v) is 18.7. The minimum absolute atomic E-state index is 0.257. The van der Waals surface area contributed by atoms with Gasteiger partial charge >= 0.3 is 6.03 Å². The van der Waals surface area contributed by atoms with E-state index in [1.165, 1.54) is 9.87 Å². The molecule has 3 amide bonds. The Labute approximate surface area is 188 Å². The van der Waals surface area contributed by atoms with Crippen molar-refractivity contribution in [3.63, 3.8) is 0 Å². The molecule has 2 aromatic carbocycles. The number of nitrogens with one attached hydrogen (secondary N) is 1. The standard InChI is InChI=1S/C23H28N4O4S/c24-23(29)25-22(28)21(18-7-2-1-3-8-18)26-12-14-27(15-13-26)32(30,31)20-11-10-17-6-4-5-9-19(17)16-20/h1-3,7-8,10-11,16,21H,4-6,9,12-15H2,(H3,24,25,28,29)/t21-/m1/s1. The number of benzene rings is 2. The van der Waals surface area contributed by atoms with Gasteiger partial charge in [-0.1, -0.05) is 36.4 Å². The van der Waals surface area contributed by atoms with Crippen LogP contribution in [0.4, 0.5) is 4.79 Å². The molecule has 0 aromatic heterocycles. The summed E-state index contributed by atoms with van der Waals surface area (Å²) < 4.78 is 28.0. The van der Waals surface area contributed by atoms with Gasteiger partial charge < -0.3 is 5.73 Å². The third-order valence-electron chi connectivity index (χ3n) is 6.21. The molecule has 1 aliphatic heterocycles. The van der Waals surface area contributed by atoms with Crippen molar-refractivity contribution in [1.29, 1.82) is 0 Å². The van der Waals surface area contributed by atoms with E-state index in [0.717, 1.165) is 36.8 Å². The lowest BCUT2D eigenvalue weighted by Crippen LogP contribution is -2.53. The zero-order valence-electron chi connectivity index (χ0n) is 17.9. The first-order valence-corrected chi connectivity index (χ1v) is 12.3. The molecule has 4 rings (SSSR count). The lowest BCUT2D eigenvalue weighted by molar-refractivity contribution is -0.126. The number of hydrogen-bond donors (Lipinski definition) is 2. The van der Waals surface area contributed by atoms with Crippen molar-refractivity contribution in [2.75, 3.05) is 26.2 Å². The third kappa shape index (κ3) is 4.69. The molecule has 170 valence electrons. The van der Waals surface area contributed by atoms with Crippen molar-refractivity contribution < 1.29 is 18.0 Å². The predicted octanol–water partition coefficient (Wildman–Crippen LogP) is 1.81. The molecule has 2 aliphatic rings. The molecule has 1 aliphatic carbocycles. The Hall–Kier alpha value is -2.75. The fourth-order valence-corrected chi connectivity index (χ4v) is 6.05. The minimum Gasteiger partial charge on any atom is -0.351 e. The van der Waals surface area contributed by atoms with Crippen LogP contribution in [0.3, 0.4) is 0 Å². The van der Waals surface area contributed by atoms with Crippen LogP contribution < -0.4 is 11.1 Å². The van der Waals surface area contributed by atoms with Gasteiger partial charge in [-0.25, -0.2) is 13.2 Å². The fraction of sp³-hybridized carbons (Fsp3) is 0.391. The average molecular weight is 457 g/mol. The number of fused-ring (bicyclic) bond motifs is 1. The molecule has 0 spiro atoms. The van der Waals surface area contributed by atoms with Gasteiger partial charge in [-0.2, -0.15) is 4.31 Å². The molecule has 9 heteroatoms. The van der Waals surface area contributed by atoms with E-state index < -0.39 is 28.0 Å². The molecule has 0 saturated carbocycles. The predicted molar refractivity (Wildman–Crippen MR) is 120 cm³/mol. The second-order valence-electron chi connectivity index (χ2n) is 8.24. The van der Waals surface area contributed by atoms with E-state index in [-0.39, 0.29) is 13.1 Å². The summed E-state index contributed by atoms with van der Waals surface area (Å²) >= 11 is 0. The van der Waals surface area contributed by atoms with E-state index in [1.54, 1.807) is 6.07 Å². The maximum Gasteiger partial charge on any atom is 0.318 e. The highest BCUT2D eigenvalue weighted by atomic mass is 32.2. The van der Waals surface area contributed by atoms with E-state index in [0.29, 0.717) is 18.0 Å². The first-order chi connectivity index (χ1) is 15.4. The zero-order chi connectivity index (χ0) is 22.7. The Morgan fingerprint density at radius 2 is 1.56 bits per heavy atom. The average Bonchev–Trinajstić information content (AvgIpc) is 2.79. The molecular formula is C23H28N4O4S. The number of nitrogens with zero attached hydrogens (tertiary/aromatic N) is 2. The summed E-state index contributed by atoms with van der Waals surface area (Å²) in [5, 5.41) is 2.16. The summed E-state index contributed by atoms with van der Waals surface area (Å²) in [6.07, 6.45) is 4.15. The number of imide groups is 1. The van der Waals surface area contributed by atoms with Crippen molar-refractivity contribution in [2.24, 2.45) is 5.73 Å². The highest BCUT2D eigenvalue weighted by Crippen LogP contribution is 2.28. The highest BCUT2D eigenvalue weighted by Gasteiger charge is 2.35. The lowest BCUT2D eigenvalue weighted by Gasteiger charge is -2.38. The van der Waals surface area contributed by atoms with E-state index in [4.69, 9.17) is 5.73 Å². The summed E-state index contributed by atoms with van der Waals surface area (Å²) in [7, 11) is -3.62. The molecule has 1 fully saturated rings. The van der Waals surface area contributed by atoms with Gasteiger partial charge in [0.25, 0.3) is 0 Å². The van der Waals surface area contributed by atoms with E-state index in [9.17, 15) is 18.0 Å². The third-order valence-corrected chi connectivity index (χ3v) is 8.10. The number of primary amides is 1. The number of urea groups is 1. The van der Waals surface area contributed by atoms with Crippen LogP contribution in [0.5, 0.6) is 0 Å². The number of sulfonamides is 1. The Morgan fingerprint density at radius 3 is 2.22 bits per heavy atom. The van der Waals surface area contributed by atoms with Gasteiger partial charge in [0.2, 0.25) is 15.9 Å². The van der Waals surface area contributed by atoms with Crippen LogP contribution in [0.15, 0.2) is 53.4 Å². The monoisotopic (exact) mass is 456 g/mol. The lowest BCUT2D eigenvalue weighted by atomic mass is 9.92. The van der Waals surface area contributed by atoms with Crippen molar-refractivity contribution in [2.45, 2.75) is 36.6 Å². The normalized spacial score (nSPS) is 18.5. The Balaban J connectivity index is 1.50. The number of rotatable bonds is 5. The van der Waals surface area contributed by atoms with Crippen LogP contribution >= 0.6 is 0 Å². The molecule has 3 N–H and O–H groups in total. The van der Waals surface area contributed by atoms with E-state index in [2.05, 4.69) is 5.32 Å². The van der Waals surface area contributed by atoms with Crippen LogP contribution in [0.25, 0.3) is 0 Å². The number of aryl methyl sites for hydroxylation is 2. The minimum atomic E-state index is -3.62. The number of amides is 3. The van der Waals surface area contributed by atoms with Crippen molar-refractivity contribution >= 4 is 22.0 Å². The van der Waals surface area contributed by atoms with Crippen LogP contribution in [0.1, 0.15) is 35.6 Å². The number of nitrogens with two attached hydrogens (primary N) is 1. The van der Waals surface area contributed by atoms with E-state index >= 15 is 0 Å². The van der Waals surface area contributed by atoms with Gasteiger partial charge in [-0.15, -0.1) is 0 Å². The van der Waals surface area contributed by atoms with Crippen LogP contribution in [0.2, 0.25) is 0 Å². The topological polar surface area (TPSA) is 113 Å². The van der Waals surface area contributed by atoms with Crippen LogP contribution in [0, 0.1) is 0 Å². The Kier molecular flexibility index (Phi) is 6.59. The van der Waals surface area contributed by atoms with Gasteiger partial charge in [0.15, 0.2) is 0 Å². The van der Waals surface area contributed by atoms with Gasteiger partial charge in [-0.05, 0) is 54.5 Å². The molecule has 32 heavy (non-hydrogen) atoms. The highest BCUT2D eigenvalue weighted by molar-refractivity contribution is 7.89. The van der Waals surface area contributed by atoms with Gasteiger partial charge in [0.05, 0.1) is 4.90 Å². The Bertz CT molecular complexity index is 1100. The van der Waals surface area contributed by atoms with Crippen LogP contribution in [-0.2, 0) is 27.7 Å². The Morgan fingerprint density at radius 1 is 0.906 bits per heavy atom. The second-order valence-corrected chi connectivity index (χ2v) is 10.2. The molecule has 1 heterocycles. The summed E-state index contributed by atoms with van der Waals surface area (Å²) in [6.45, 7) is 1.23. The van der Waals surface area contributed by atoms with Gasteiger partial charge in [0, 0.05) is 26.2 Å². The largest absolute Gasteiger partial charge is 0.351 e. The van der Waals surface area contributed by atoms with Crippen molar-refractivity contribution in [3.05, 3.63) is 65.2 Å². The van der Waals surface area contributed by atoms with Gasteiger partial charge in [0.1, 0.15) is 6.04 Å². The summed E-state index contributed by atoms with van der Waals surface area (Å²) in [5.41, 5.74) is 8.24. The van der Waals surface area contributed by atoms with E-state index in [1.807, 2.05) is 47.4 Å². The smallest absolute Gasteiger partial charge is 0.318 e. The quantitative estimate of drug-likeness (QED) is 0.713. The summed E-state index contributed by atoms with van der Waals surface area (Å²) in [6, 6.07) is 12.9. The molecule has 0 unspecified atom stereocenters. The van der Waals surface area contributed by atoms with Crippen LogP contribution in [-0.4, -0.2) is 55.7 Å². The fourth-order valence-electron chi connectivity index (χ4n) is 4.57. The van der Waals surface area contributed by atoms with Crippen molar-refractivity contribution in [1.82, 2.24) is 14.5 Å². The first kappa shape index (κ1) is 22.4. The molecule has 8 nitrogen and oxygen atoms in total. The van der Waals surface area contributed by atoms with Crippen molar-refractivity contribution in [3.8, 4) is 0 Å². The maximum atomic E-state index is 13.3. The number of piperazine rings is 1. The summed E-state index contributed by atoms with van der Waals surface area (Å²) in [4.78, 5) is 26.2.